The highest BCUT2D eigenvalue weighted by Gasteiger charge is 2.08. The van der Waals surface area contributed by atoms with E-state index in [1.165, 1.54) is 11.5 Å². The summed E-state index contributed by atoms with van der Waals surface area (Å²) in [6.45, 7) is 3.61. The lowest BCUT2D eigenvalue weighted by molar-refractivity contribution is 0.160. The van der Waals surface area contributed by atoms with Crippen molar-refractivity contribution >= 4 is 11.5 Å². The van der Waals surface area contributed by atoms with Gasteiger partial charge in [0.05, 0.1) is 6.10 Å². The summed E-state index contributed by atoms with van der Waals surface area (Å²) in [6, 6.07) is 0. The van der Waals surface area contributed by atoms with Gasteiger partial charge < -0.3 is 5.11 Å². The van der Waals surface area contributed by atoms with Crippen molar-refractivity contribution in [2.45, 2.75) is 25.4 Å². The fourth-order valence-corrected chi connectivity index (χ4v) is 1.42. The third kappa shape index (κ3) is 2.71. The quantitative estimate of drug-likeness (QED) is 0.561. The van der Waals surface area contributed by atoms with E-state index in [2.05, 4.69) is 16.2 Å². The van der Waals surface area contributed by atoms with E-state index in [1.54, 1.807) is 5.38 Å². The molecule has 1 unspecified atom stereocenters. The summed E-state index contributed by atoms with van der Waals surface area (Å²) in [7, 11) is 0. The molecule has 1 aromatic rings. The number of hydrogen-bond donors (Lipinski definition) is 1. The summed E-state index contributed by atoms with van der Waals surface area (Å²) in [6.07, 6.45) is 4.02. The second-order valence-corrected chi connectivity index (χ2v) is 3.17. The lowest BCUT2D eigenvalue weighted by Crippen LogP contribution is -1.97. The molecule has 1 atom stereocenters. The van der Waals surface area contributed by atoms with Crippen molar-refractivity contribution in [3.63, 3.8) is 0 Å². The van der Waals surface area contributed by atoms with Gasteiger partial charge in [0.2, 0.25) is 0 Å². The molecule has 1 N–H and O–H groups in total. The van der Waals surface area contributed by atoms with E-state index in [1.807, 2.05) is 6.08 Å². The van der Waals surface area contributed by atoms with Crippen LogP contribution >= 0.6 is 11.5 Å². The number of allylic oxidation sites excluding steroid dienone is 1. The van der Waals surface area contributed by atoms with Gasteiger partial charge in [-0.3, -0.25) is 0 Å². The summed E-state index contributed by atoms with van der Waals surface area (Å²) >= 11 is 1.27. The maximum absolute atomic E-state index is 9.51. The fourth-order valence-electron chi connectivity index (χ4n) is 0.920. The number of aliphatic hydroxyl groups excluding tert-OH is 1. The third-order valence-corrected chi connectivity index (χ3v) is 2.13. The second kappa shape index (κ2) is 5.00. The van der Waals surface area contributed by atoms with Crippen molar-refractivity contribution in [2.75, 3.05) is 0 Å². The summed E-state index contributed by atoms with van der Waals surface area (Å²) in [4.78, 5) is 0. The van der Waals surface area contributed by atoms with Gasteiger partial charge in [0.25, 0.3) is 0 Å². The molecule has 0 aliphatic heterocycles. The van der Waals surface area contributed by atoms with Gasteiger partial charge in [0, 0.05) is 5.38 Å². The highest BCUT2D eigenvalue weighted by Crippen LogP contribution is 2.17. The molecule has 4 heteroatoms. The van der Waals surface area contributed by atoms with Crippen LogP contribution in [-0.2, 0) is 0 Å². The molecule has 0 spiro atoms. The van der Waals surface area contributed by atoms with E-state index in [9.17, 15) is 5.11 Å². The zero-order chi connectivity index (χ0) is 8.81. The van der Waals surface area contributed by atoms with Crippen LogP contribution in [-0.4, -0.2) is 14.7 Å². The minimum atomic E-state index is -0.455. The van der Waals surface area contributed by atoms with Crippen molar-refractivity contribution in [3.8, 4) is 0 Å². The van der Waals surface area contributed by atoms with E-state index in [4.69, 9.17) is 0 Å². The molecular weight excluding hydrogens is 172 g/mol. The molecule has 12 heavy (non-hydrogen) atoms. The number of nitrogens with zero attached hydrogens (tertiary/aromatic N) is 2. The zero-order valence-electron chi connectivity index (χ0n) is 6.81. The van der Waals surface area contributed by atoms with Gasteiger partial charge in [-0.1, -0.05) is 10.6 Å². The minimum absolute atomic E-state index is 0.455. The molecule has 0 amide bonds. The van der Waals surface area contributed by atoms with Gasteiger partial charge in [-0.25, -0.2) is 0 Å². The SMILES string of the molecule is C=CCCCC(O)c1csnn1. The zero-order valence-corrected chi connectivity index (χ0v) is 7.63. The molecule has 66 valence electrons. The predicted molar refractivity (Wildman–Crippen MR) is 48.9 cm³/mol. The van der Waals surface area contributed by atoms with Gasteiger partial charge in [0.1, 0.15) is 5.69 Å². The molecule has 1 aromatic heterocycles. The Balaban J connectivity index is 2.29. The molecule has 0 aliphatic rings. The van der Waals surface area contributed by atoms with Crippen molar-refractivity contribution in [2.24, 2.45) is 0 Å². The smallest absolute Gasteiger partial charge is 0.104 e. The van der Waals surface area contributed by atoms with Crippen LogP contribution in [0, 0.1) is 0 Å². The largest absolute Gasteiger partial charge is 0.387 e. The molecule has 3 nitrogen and oxygen atoms in total. The topological polar surface area (TPSA) is 46.0 Å². The van der Waals surface area contributed by atoms with Crippen molar-refractivity contribution in [3.05, 3.63) is 23.7 Å². The predicted octanol–water partition coefficient (Wildman–Crippen LogP) is 1.93. The van der Waals surface area contributed by atoms with Crippen LogP contribution in [0.2, 0.25) is 0 Å². The van der Waals surface area contributed by atoms with Crippen LogP contribution < -0.4 is 0 Å². The average Bonchev–Trinajstić information content (AvgIpc) is 2.56. The lowest BCUT2D eigenvalue weighted by Gasteiger charge is -2.04. The number of hydrogen-bond acceptors (Lipinski definition) is 4. The van der Waals surface area contributed by atoms with Crippen molar-refractivity contribution in [1.29, 1.82) is 0 Å². The van der Waals surface area contributed by atoms with Crippen molar-refractivity contribution < 1.29 is 5.11 Å². The van der Waals surface area contributed by atoms with E-state index >= 15 is 0 Å². The Bertz CT molecular complexity index is 223. The van der Waals surface area contributed by atoms with E-state index < -0.39 is 6.10 Å². The Morgan fingerprint density at radius 2 is 2.58 bits per heavy atom. The van der Waals surface area contributed by atoms with Crippen LogP contribution in [0.1, 0.15) is 31.1 Å². The van der Waals surface area contributed by atoms with Gasteiger partial charge in [-0.15, -0.1) is 11.7 Å². The Morgan fingerprint density at radius 3 is 3.17 bits per heavy atom. The molecule has 1 heterocycles. The molecule has 0 saturated carbocycles. The molecule has 0 radical (unpaired) electrons. The van der Waals surface area contributed by atoms with Crippen LogP contribution in [0.5, 0.6) is 0 Å². The molecule has 0 saturated heterocycles. The fraction of sp³-hybridized carbons (Fsp3) is 0.500. The Hall–Kier alpha value is -0.740. The first-order valence-corrected chi connectivity index (χ1v) is 4.74. The van der Waals surface area contributed by atoms with Crippen LogP contribution in [0.15, 0.2) is 18.0 Å². The highest BCUT2D eigenvalue weighted by atomic mass is 32.1. The monoisotopic (exact) mass is 184 g/mol. The van der Waals surface area contributed by atoms with Gasteiger partial charge >= 0.3 is 0 Å². The normalized spacial score (nSPS) is 12.8. The number of unbranched alkanes of at least 4 members (excludes halogenated alkanes) is 1. The number of aliphatic hydroxyl groups is 1. The lowest BCUT2D eigenvalue weighted by atomic mass is 10.1. The Labute approximate surface area is 75.9 Å². The van der Waals surface area contributed by atoms with Gasteiger partial charge in [0.15, 0.2) is 0 Å². The molecular formula is C8H12N2OS. The van der Waals surface area contributed by atoms with E-state index in [0.717, 1.165) is 19.3 Å². The molecule has 0 bridgehead atoms. The van der Waals surface area contributed by atoms with E-state index in [-0.39, 0.29) is 0 Å². The average molecular weight is 184 g/mol. The van der Waals surface area contributed by atoms with Gasteiger partial charge in [-0.2, -0.15) is 0 Å². The second-order valence-electron chi connectivity index (χ2n) is 2.57. The summed E-state index contributed by atoms with van der Waals surface area (Å²) in [5.74, 6) is 0. The van der Waals surface area contributed by atoms with Crippen LogP contribution in [0.3, 0.4) is 0 Å². The minimum Gasteiger partial charge on any atom is -0.387 e. The molecule has 0 aliphatic carbocycles. The molecule has 1 rings (SSSR count). The van der Waals surface area contributed by atoms with Crippen LogP contribution in [0.25, 0.3) is 0 Å². The first-order valence-electron chi connectivity index (χ1n) is 3.90. The first-order chi connectivity index (χ1) is 5.84. The van der Waals surface area contributed by atoms with Gasteiger partial charge in [-0.05, 0) is 30.8 Å². The summed E-state index contributed by atoms with van der Waals surface area (Å²) < 4.78 is 3.68. The number of aromatic nitrogens is 2. The van der Waals surface area contributed by atoms with E-state index in [0.29, 0.717) is 5.69 Å². The summed E-state index contributed by atoms with van der Waals surface area (Å²) in [5, 5.41) is 15.1. The first kappa shape index (κ1) is 9.35. The third-order valence-electron chi connectivity index (χ3n) is 1.60. The maximum Gasteiger partial charge on any atom is 0.104 e. The van der Waals surface area contributed by atoms with Crippen molar-refractivity contribution in [1.82, 2.24) is 9.59 Å². The molecule has 0 aromatic carbocycles. The Kier molecular flexibility index (Phi) is 3.90. The Morgan fingerprint density at radius 1 is 1.75 bits per heavy atom. The summed E-state index contributed by atoms with van der Waals surface area (Å²) in [5.41, 5.74) is 0.684. The molecule has 0 fully saturated rings. The van der Waals surface area contributed by atoms with Crippen LogP contribution in [0.4, 0.5) is 0 Å². The standard InChI is InChI=1S/C8H12N2OS/c1-2-3-4-5-8(11)7-6-12-10-9-7/h2,6,8,11H,1,3-5H2. The highest BCUT2D eigenvalue weighted by molar-refractivity contribution is 7.03. The maximum atomic E-state index is 9.51. The number of rotatable bonds is 5.